The van der Waals surface area contributed by atoms with Crippen molar-refractivity contribution < 1.29 is 9.18 Å². The number of amides is 1. The minimum Gasteiger partial charge on any atom is -0.337 e. The molecule has 2 atom stereocenters. The number of hydrogen-bond donors (Lipinski definition) is 0. The van der Waals surface area contributed by atoms with Gasteiger partial charge in [0.25, 0.3) is 0 Å². The second-order valence-electron chi connectivity index (χ2n) is 5.66. The molecular weight excluding hydrogens is 353 g/mol. The van der Waals surface area contributed by atoms with Gasteiger partial charge in [-0.3, -0.25) is 4.79 Å². The lowest BCUT2D eigenvalue weighted by molar-refractivity contribution is -0.134. The highest BCUT2D eigenvalue weighted by Gasteiger charge is 2.28. The molecule has 1 aliphatic heterocycles. The molecule has 2 nitrogen and oxygen atoms in total. The van der Waals surface area contributed by atoms with Crippen molar-refractivity contribution >= 4 is 33.6 Å². The molecule has 0 saturated carbocycles. The van der Waals surface area contributed by atoms with Crippen molar-refractivity contribution in [1.29, 1.82) is 0 Å². The van der Waals surface area contributed by atoms with Crippen LogP contribution in [-0.2, 0) is 10.5 Å². The molecule has 0 aliphatic carbocycles. The standard InChI is InChI=1S/C16H21BrFNOS/c1-11-4-3-5-12(2)19(11)16(20)10-21-9-13-6-7-14(18)8-15(13)17/h6-8,11-12H,3-5,9-10H2,1-2H3. The largest absolute Gasteiger partial charge is 0.337 e. The summed E-state index contributed by atoms with van der Waals surface area (Å²) in [4.78, 5) is 14.4. The lowest BCUT2D eigenvalue weighted by Crippen LogP contribution is -2.48. The molecule has 116 valence electrons. The predicted molar refractivity (Wildman–Crippen MR) is 89.9 cm³/mol. The third-order valence-corrected chi connectivity index (χ3v) is 5.68. The zero-order valence-corrected chi connectivity index (χ0v) is 14.8. The van der Waals surface area contributed by atoms with E-state index in [1.54, 1.807) is 17.8 Å². The van der Waals surface area contributed by atoms with Crippen molar-refractivity contribution in [2.24, 2.45) is 0 Å². The summed E-state index contributed by atoms with van der Waals surface area (Å²) in [5.41, 5.74) is 1.02. The Hall–Kier alpha value is -0.550. The summed E-state index contributed by atoms with van der Waals surface area (Å²) in [5, 5.41) is 0. The molecule has 0 N–H and O–H groups in total. The first-order valence-corrected chi connectivity index (χ1v) is 9.26. The summed E-state index contributed by atoms with van der Waals surface area (Å²) < 4.78 is 13.8. The Morgan fingerprint density at radius 1 is 1.38 bits per heavy atom. The third kappa shape index (κ3) is 4.46. The van der Waals surface area contributed by atoms with Gasteiger partial charge in [0.05, 0.1) is 5.75 Å². The number of benzene rings is 1. The average molecular weight is 374 g/mol. The predicted octanol–water partition coefficient (Wildman–Crippen LogP) is 4.61. The Bertz CT molecular complexity index is 501. The summed E-state index contributed by atoms with van der Waals surface area (Å²) in [5.74, 6) is 1.17. The molecule has 0 aromatic heterocycles. The Kier molecular flexibility index (Phi) is 6.11. The summed E-state index contributed by atoms with van der Waals surface area (Å²) in [6.07, 6.45) is 3.41. The third-order valence-electron chi connectivity index (χ3n) is 3.98. The molecule has 0 radical (unpaired) electrons. The van der Waals surface area contributed by atoms with Crippen molar-refractivity contribution in [1.82, 2.24) is 4.90 Å². The van der Waals surface area contributed by atoms with E-state index in [2.05, 4.69) is 29.8 Å². The highest BCUT2D eigenvalue weighted by atomic mass is 79.9. The van der Waals surface area contributed by atoms with Crippen LogP contribution in [0, 0.1) is 5.82 Å². The van der Waals surface area contributed by atoms with Gasteiger partial charge in [0.2, 0.25) is 5.91 Å². The van der Waals surface area contributed by atoms with Crippen LogP contribution in [0.4, 0.5) is 4.39 Å². The average Bonchev–Trinajstić information content (AvgIpc) is 2.41. The van der Waals surface area contributed by atoms with Gasteiger partial charge in [0.15, 0.2) is 0 Å². The number of carbonyl (C=O) groups excluding carboxylic acids is 1. The van der Waals surface area contributed by atoms with E-state index in [0.29, 0.717) is 23.6 Å². The van der Waals surface area contributed by atoms with Crippen LogP contribution >= 0.6 is 27.7 Å². The van der Waals surface area contributed by atoms with E-state index in [4.69, 9.17) is 0 Å². The van der Waals surface area contributed by atoms with Gasteiger partial charge in [-0.15, -0.1) is 11.8 Å². The number of thioether (sulfide) groups is 1. The fraction of sp³-hybridized carbons (Fsp3) is 0.562. The number of halogens is 2. The zero-order chi connectivity index (χ0) is 15.4. The van der Waals surface area contributed by atoms with Crippen molar-refractivity contribution in [2.45, 2.75) is 50.9 Å². The van der Waals surface area contributed by atoms with Gasteiger partial charge in [-0.1, -0.05) is 22.0 Å². The topological polar surface area (TPSA) is 20.3 Å². The molecule has 5 heteroatoms. The number of piperidine rings is 1. The van der Waals surface area contributed by atoms with Gasteiger partial charge < -0.3 is 4.90 Å². The van der Waals surface area contributed by atoms with E-state index in [1.807, 2.05) is 4.90 Å². The number of rotatable bonds is 4. The van der Waals surface area contributed by atoms with Crippen LogP contribution < -0.4 is 0 Å². The normalized spacial score (nSPS) is 22.4. The molecule has 1 fully saturated rings. The monoisotopic (exact) mass is 373 g/mol. The molecule has 1 aromatic rings. The van der Waals surface area contributed by atoms with E-state index in [1.165, 1.54) is 18.6 Å². The summed E-state index contributed by atoms with van der Waals surface area (Å²) in [6.45, 7) is 4.27. The van der Waals surface area contributed by atoms with Crippen molar-refractivity contribution in [3.63, 3.8) is 0 Å². The molecule has 1 aliphatic rings. The van der Waals surface area contributed by atoms with Crippen LogP contribution in [0.25, 0.3) is 0 Å². The van der Waals surface area contributed by atoms with Gasteiger partial charge in [-0.05, 0) is 50.8 Å². The van der Waals surface area contributed by atoms with Gasteiger partial charge in [0.1, 0.15) is 5.82 Å². The highest BCUT2D eigenvalue weighted by molar-refractivity contribution is 9.10. The fourth-order valence-electron chi connectivity index (χ4n) is 2.87. The minimum atomic E-state index is -0.248. The van der Waals surface area contributed by atoms with Gasteiger partial charge in [-0.2, -0.15) is 0 Å². The molecule has 1 aromatic carbocycles. The maximum Gasteiger partial charge on any atom is 0.233 e. The lowest BCUT2D eigenvalue weighted by Gasteiger charge is -2.39. The first-order valence-electron chi connectivity index (χ1n) is 7.32. The number of nitrogens with zero attached hydrogens (tertiary/aromatic N) is 1. The molecule has 21 heavy (non-hydrogen) atoms. The number of hydrogen-bond acceptors (Lipinski definition) is 2. The van der Waals surface area contributed by atoms with E-state index < -0.39 is 0 Å². The molecule has 2 unspecified atom stereocenters. The van der Waals surface area contributed by atoms with E-state index in [9.17, 15) is 9.18 Å². The minimum absolute atomic E-state index is 0.220. The first-order chi connectivity index (χ1) is 9.99. The summed E-state index contributed by atoms with van der Waals surface area (Å²) >= 11 is 4.95. The van der Waals surface area contributed by atoms with E-state index >= 15 is 0 Å². The van der Waals surface area contributed by atoms with Crippen molar-refractivity contribution in [2.75, 3.05) is 5.75 Å². The van der Waals surface area contributed by atoms with Crippen LogP contribution in [0.1, 0.15) is 38.7 Å². The molecule has 1 amide bonds. The number of carbonyl (C=O) groups is 1. The molecule has 0 spiro atoms. The Balaban J connectivity index is 1.86. The van der Waals surface area contributed by atoms with Crippen LogP contribution in [0.2, 0.25) is 0 Å². The van der Waals surface area contributed by atoms with Gasteiger partial charge in [0, 0.05) is 22.3 Å². The Morgan fingerprint density at radius 2 is 2.05 bits per heavy atom. The smallest absolute Gasteiger partial charge is 0.233 e. The molecule has 0 bridgehead atoms. The molecule has 1 heterocycles. The summed E-state index contributed by atoms with van der Waals surface area (Å²) in [6, 6.07) is 5.38. The van der Waals surface area contributed by atoms with Crippen LogP contribution in [0.5, 0.6) is 0 Å². The maximum atomic E-state index is 13.0. The second-order valence-corrected chi connectivity index (χ2v) is 7.50. The second kappa shape index (κ2) is 7.63. The Morgan fingerprint density at radius 3 is 2.67 bits per heavy atom. The van der Waals surface area contributed by atoms with Crippen LogP contribution in [-0.4, -0.2) is 28.6 Å². The first kappa shape index (κ1) is 16.8. The highest BCUT2D eigenvalue weighted by Crippen LogP contribution is 2.26. The molecule has 1 saturated heterocycles. The molecular formula is C16H21BrFNOS. The maximum absolute atomic E-state index is 13.0. The van der Waals surface area contributed by atoms with Crippen LogP contribution in [0.15, 0.2) is 22.7 Å². The number of likely N-dealkylation sites (tertiary alicyclic amines) is 1. The van der Waals surface area contributed by atoms with E-state index in [-0.39, 0.29) is 11.7 Å². The SMILES string of the molecule is CC1CCCC(C)N1C(=O)CSCc1ccc(F)cc1Br. The Labute approximate surface area is 138 Å². The van der Waals surface area contributed by atoms with Gasteiger partial charge >= 0.3 is 0 Å². The molecule has 2 rings (SSSR count). The van der Waals surface area contributed by atoms with Crippen LogP contribution in [0.3, 0.4) is 0 Å². The zero-order valence-electron chi connectivity index (χ0n) is 12.4. The van der Waals surface area contributed by atoms with Crippen molar-refractivity contribution in [3.05, 3.63) is 34.1 Å². The van der Waals surface area contributed by atoms with Gasteiger partial charge in [-0.25, -0.2) is 4.39 Å². The summed E-state index contributed by atoms with van der Waals surface area (Å²) in [7, 11) is 0. The van der Waals surface area contributed by atoms with Crippen molar-refractivity contribution in [3.8, 4) is 0 Å². The lowest BCUT2D eigenvalue weighted by atomic mass is 9.98. The fourth-order valence-corrected chi connectivity index (χ4v) is 4.45. The quantitative estimate of drug-likeness (QED) is 0.767. The van der Waals surface area contributed by atoms with E-state index in [0.717, 1.165) is 22.9 Å².